The maximum absolute atomic E-state index is 10.9. The number of nitrogens with one attached hydrogen (secondary N) is 1. The molecule has 0 aromatic carbocycles. The fraction of sp³-hybridized carbons (Fsp3) is 0.875. The number of carbonyl (C=O) groups excluding carboxylic acids is 1. The fourth-order valence-electron chi connectivity index (χ4n) is 1.40. The van der Waals surface area contributed by atoms with Crippen LogP contribution in [-0.4, -0.2) is 24.9 Å². The maximum Gasteiger partial charge on any atom is 0.234 e. The van der Waals surface area contributed by atoms with Crippen LogP contribution in [0.2, 0.25) is 0 Å². The normalized spacial score (nSPS) is 20.2. The molecule has 0 aromatic rings. The van der Waals surface area contributed by atoms with Crippen molar-refractivity contribution in [3.8, 4) is 0 Å². The van der Waals surface area contributed by atoms with Crippen LogP contribution in [-0.2, 0) is 14.3 Å². The van der Waals surface area contributed by atoms with Crippen LogP contribution in [0.5, 0.6) is 0 Å². The molecule has 1 saturated heterocycles. The Morgan fingerprint density at radius 2 is 2.15 bits per heavy atom. The van der Waals surface area contributed by atoms with Crippen molar-refractivity contribution in [2.75, 3.05) is 13.2 Å². The highest BCUT2D eigenvalue weighted by atomic mass is 16.7. The van der Waals surface area contributed by atoms with E-state index in [9.17, 15) is 4.79 Å². The first-order valence-electron chi connectivity index (χ1n) is 4.50. The minimum atomic E-state index is -0.549. The van der Waals surface area contributed by atoms with E-state index in [2.05, 4.69) is 5.43 Å². The van der Waals surface area contributed by atoms with E-state index < -0.39 is 5.79 Å². The van der Waals surface area contributed by atoms with Gasteiger partial charge in [0.05, 0.1) is 13.2 Å². The molecular formula is C8H16N2O3. The molecule has 1 heterocycles. The van der Waals surface area contributed by atoms with Gasteiger partial charge >= 0.3 is 0 Å². The molecule has 0 bridgehead atoms. The third-order valence-electron chi connectivity index (χ3n) is 2.25. The lowest BCUT2D eigenvalue weighted by atomic mass is 10.1. The number of nitrogens with two attached hydrogens (primary N) is 1. The van der Waals surface area contributed by atoms with Crippen LogP contribution < -0.4 is 11.3 Å². The summed E-state index contributed by atoms with van der Waals surface area (Å²) in [6.07, 6.45) is 1.65. The van der Waals surface area contributed by atoms with Crippen LogP contribution in [0.1, 0.15) is 26.2 Å². The summed E-state index contributed by atoms with van der Waals surface area (Å²) in [4.78, 5) is 10.9. The predicted molar refractivity (Wildman–Crippen MR) is 46.5 cm³/mol. The number of hydrogen-bond acceptors (Lipinski definition) is 4. The van der Waals surface area contributed by atoms with Crippen LogP contribution in [0.15, 0.2) is 0 Å². The smallest absolute Gasteiger partial charge is 0.234 e. The Labute approximate surface area is 77.5 Å². The summed E-state index contributed by atoms with van der Waals surface area (Å²) in [6, 6.07) is 0. The fourth-order valence-corrected chi connectivity index (χ4v) is 1.40. The topological polar surface area (TPSA) is 73.6 Å². The number of carbonyl (C=O) groups is 1. The Morgan fingerprint density at radius 3 is 2.62 bits per heavy atom. The van der Waals surface area contributed by atoms with Crippen LogP contribution in [0.4, 0.5) is 0 Å². The molecule has 0 unspecified atom stereocenters. The van der Waals surface area contributed by atoms with Crippen molar-refractivity contribution in [3.05, 3.63) is 0 Å². The van der Waals surface area contributed by atoms with Crippen molar-refractivity contribution < 1.29 is 14.3 Å². The molecule has 3 N–H and O–H groups in total. The van der Waals surface area contributed by atoms with E-state index in [1.54, 1.807) is 0 Å². The van der Waals surface area contributed by atoms with Crippen molar-refractivity contribution in [3.63, 3.8) is 0 Å². The third-order valence-corrected chi connectivity index (χ3v) is 2.25. The second kappa shape index (κ2) is 4.55. The Hall–Kier alpha value is -0.650. The Morgan fingerprint density at radius 1 is 1.54 bits per heavy atom. The Kier molecular flexibility index (Phi) is 3.65. The zero-order valence-corrected chi connectivity index (χ0v) is 7.84. The van der Waals surface area contributed by atoms with Crippen molar-refractivity contribution in [2.45, 2.75) is 32.0 Å². The molecule has 1 rings (SSSR count). The first kappa shape index (κ1) is 10.4. The quantitative estimate of drug-likeness (QED) is 0.367. The van der Waals surface area contributed by atoms with Gasteiger partial charge in [0.1, 0.15) is 0 Å². The molecular weight excluding hydrogens is 172 g/mol. The molecule has 1 fully saturated rings. The summed E-state index contributed by atoms with van der Waals surface area (Å²) in [6.45, 7) is 3.20. The summed E-state index contributed by atoms with van der Waals surface area (Å²) < 4.78 is 10.9. The van der Waals surface area contributed by atoms with Gasteiger partial charge in [-0.15, -0.1) is 0 Å². The summed E-state index contributed by atoms with van der Waals surface area (Å²) in [7, 11) is 0. The molecule has 0 aliphatic carbocycles. The van der Waals surface area contributed by atoms with Gasteiger partial charge in [0, 0.05) is 12.8 Å². The monoisotopic (exact) mass is 188 g/mol. The van der Waals surface area contributed by atoms with Crippen molar-refractivity contribution >= 4 is 5.91 Å². The van der Waals surface area contributed by atoms with Crippen molar-refractivity contribution in [1.29, 1.82) is 0 Å². The molecule has 0 atom stereocenters. The van der Waals surface area contributed by atoms with Gasteiger partial charge in [0.15, 0.2) is 5.79 Å². The van der Waals surface area contributed by atoms with Gasteiger partial charge in [-0.1, -0.05) is 6.92 Å². The molecule has 13 heavy (non-hydrogen) atoms. The summed E-state index contributed by atoms with van der Waals surface area (Å²) >= 11 is 0. The predicted octanol–water partition coefficient (Wildman–Crippen LogP) is -0.0904. The van der Waals surface area contributed by atoms with Crippen molar-refractivity contribution in [1.82, 2.24) is 5.43 Å². The highest BCUT2D eigenvalue weighted by Gasteiger charge is 2.34. The molecule has 0 saturated carbocycles. The molecule has 5 heteroatoms. The lowest BCUT2D eigenvalue weighted by molar-refractivity contribution is -0.166. The Balaban J connectivity index is 2.35. The summed E-state index contributed by atoms with van der Waals surface area (Å²) in [5.41, 5.74) is 2.08. The first-order chi connectivity index (χ1) is 6.22. The Bertz CT molecular complexity index is 178. The molecule has 0 spiro atoms. The molecule has 1 aliphatic heterocycles. The third kappa shape index (κ3) is 2.65. The second-order valence-corrected chi connectivity index (χ2v) is 3.03. The minimum Gasteiger partial charge on any atom is -0.348 e. The lowest BCUT2D eigenvalue weighted by Crippen LogP contribution is -2.34. The molecule has 0 aromatic heterocycles. The molecule has 5 nitrogen and oxygen atoms in total. The molecule has 1 aliphatic rings. The minimum absolute atomic E-state index is 0.188. The van der Waals surface area contributed by atoms with Gasteiger partial charge in [0.2, 0.25) is 5.91 Å². The van der Waals surface area contributed by atoms with Crippen LogP contribution in [0, 0.1) is 0 Å². The maximum atomic E-state index is 10.9. The summed E-state index contributed by atoms with van der Waals surface area (Å²) in [5, 5.41) is 0. The van der Waals surface area contributed by atoms with Gasteiger partial charge in [-0.3, -0.25) is 10.2 Å². The molecule has 1 amide bonds. The SMILES string of the molecule is CCC1(CCC(=O)NN)OCCO1. The van der Waals surface area contributed by atoms with Gasteiger partial charge in [-0.05, 0) is 6.42 Å². The van der Waals surface area contributed by atoms with Crippen molar-refractivity contribution in [2.24, 2.45) is 5.84 Å². The lowest BCUT2D eigenvalue weighted by Gasteiger charge is -2.25. The zero-order valence-electron chi connectivity index (χ0n) is 7.84. The number of hydrogen-bond donors (Lipinski definition) is 2. The van der Waals surface area contributed by atoms with Gasteiger partial charge in [-0.2, -0.15) is 0 Å². The van der Waals surface area contributed by atoms with E-state index in [1.807, 2.05) is 6.92 Å². The standard InChI is InChI=1S/C8H16N2O3/c1-2-8(12-5-6-13-8)4-3-7(11)10-9/h2-6,9H2,1H3,(H,10,11). The number of amides is 1. The van der Waals surface area contributed by atoms with Gasteiger partial charge in [0.25, 0.3) is 0 Å². The number of rotatable bonds is 4. The van der Waals surface area contributed by atoms with E-state index >= 15 is 0 Å². The average Bonchev–Trinajstić information content (AvgIpc) is 2.63. The second-order valence-electron chi connectivity index (χ2n) is 3.03. The number of hydrazine groups is 1. The van der Waals surface area contributed by atoms with Gasteiger partial charge in [-0.25, -0.2) is 5.84 Å². The van der Waals surface area contributed by atoms with Crippen LogP contribution in [0.3, 0.4) is 0 Å². The van der Waals surface area contributed by atoms with E-state index in [-0.39, 0.29) is 5.91 Å². The van der Waals surface area contributed by atoms with Crippen LogP contribution in [0.25, 0.3) is 0 Å². The highest BCUT2D eigenvalue weighted by Crippen LogP contribution is 2.27. The molecule has 0 radical (unpaired) electrons. The molecule has 76 valence electrons. The van der Waals surface area contributed by atoms with E-state index in [0.717, 1.165) is 6.42 Å². The zero-order chi connectivity index (χ0) is 9.73. The highest BCUT2D eigenvalue weighted by molar-refractivity contribution is 5.75. The first-order valence-corrected chi connectivity index (χ1v) is 4.50. The van der Waals surface area contributed by atoms with E-state index in [1.165, 1.54) is 0 Å². The largest absolute Gasteiger partial charge is 0.348 e. The van der Waals surface area contributed by atoms with Crippen LogP contribution >= 0.6 is 0 Å². The average molecular weight is 188 g/mol. The van der Waals surface area contributed by atoms with E-state index in [4.69, 9.17) is 15.3 Å². The summed E-state index contributed by atoms with van der Waals surface area (Å²) in [5.74, 6) is 4.22. The number of ether oxygens (including phenoxy) is 2. The van der Waals surface area contributed by atoms with Gasteiger partial charge < -0.3 is 9.47 Å². The van der Waals surface area contributed by atoms with E-state index in [0.29, 0.717) is 26.1 Å².